The Labute approximate surface area is 320 Å². The van der Waals surface area contributed by atoms with Crippen LogP contribution in [-0.2, 0) is 20.8 Å². The molecule has 4 unspecified atom stereocenters. The SMILES string of the molecule is Cc1cc(C)nc(SC2CCN(CC(O)C(Cc3ccccc3)NC(=O)[C@H](CC(N)=O)NC(=O)c3ccc4ccccc4n3)C(C(=O)NC(C)(C)C)C2)n1. The predicted octanol–water partition coefficient (Wildman–Crippen LogP) is 3.24. The Morgan fingerprint density at radius 1 is 0.944 bits per heavy atom. The number of rotatable bonds is 14. The first kappa shape index (κ1) is 40.3. The maximum absolute atomic E-state index is 13.9. The van der Waals surface area contributed by atoms with E-state index in [0.29, 0.717) is 23.6 Å². The van der Waals surface area contributed by atoms with E-state index in [1.165, 1.54) is 0 Å². The van der Waals surface area contributed by atoms with Gasteiger partial charge in [0.05, 0.1) is 30.1 Å². The summed E-state index contributed by atoms with van der Waals surface area (Å²) < 4.78 is 0. The van der Waals surface area contributed by atoms with Crippen molar-refractivity contribution in [2.24, 2.45) is 5.73 Å². The van der Waals surface area contributed by atoms with Gasteiger partial charge in [-0.05, 0) is 77.6 Å². The van der Waals surface area contributed by atoms with E-state index in [9.17, 15) is 24.3 Å². The summed E-state index contributed by atoms with van der Waals surface area (Å²) >= 11 is 1.56. The van der Waals surface area contributed by atoms with Crippen molar-refractivity contribution >= 4 is 46.3 Å². The Balaban J connectivity index is 1.35. The van der Waals surface area contributed by atoms with Crippen molar-refractivity contribution in [3.8, 4) is 0 Å². The molecule has 0 aliphatic carbocycles. The molecule has 0 bridgehead atoms. The van der Waals surface area contributed by atoms with Crippen molar-refractivity contribution < 1.29 is 24.3 Å². The molecule has 5 rings (SSSR count). The highest BCUT2D eigenvalue weighted by Crippen LogP contribution is 2.32. The van der Waals surface area contributed by atoms with Crippen molar-refractivity contribution in [3.05, 3.63) is 95.4 Å². The quantitative estimate of drug-likeness (QED) is 0.119. The van der Waals surface area contributed by atoms with E-state index >= 15 is 0 Å². The number of fused-ring (bicyclic) bond motifs is 1. The van der Waals surface area contributed by atoms with Crippen LogP contribution in [0.4, 0.5) is 0 Å². The number of aliphatic hydroxyl groups excluding tert-OH is 1. The lowest BCUT2D eigenvalue weighted by Gasteiger charge is -2.41. The van der Waals surface area contributed by atoms with E-state index in [0.717, 1.165) is 28.8 Å². The van der Waals surface area contributed by atoms with E-state index in [-0.39, 0.29) is 29.8 Å². The van der Waals surface area contributed by atoms with Crippen LogP contribution in [0.3, 0.4) is 0 Å². The number of likely N-dealkylation sites (tertiary alicyclic amines) is 1. The summed E-state index contributed by atoms with van der Waals surface area (Å²) in [7, 11) is 0. The third kappa shape index (κ3) is 11.5. The summed E-state index contributed by atoms with van der Waals surface area (Å²) in [6.45, 7) is 10.2. The van der Waals surface area contributed by atoms with Crippen molar-refractivity contribution in [1.82, 2.24) is 35.8 Å². The largest absolute Gasteiger partial charge is 0.390 e. The molecule has 3 heterocycles. The molecule has 0 radical (unpaired) electrons. The Morgan fingerprint density at radius 2 is 1.63 bits per heavy atom. The van der Waals surface area contributed by atoms with Gasteiger partial charge in [0.2, 0.25) is 17.7 Å². The van der Waals surface area contributed by atoms with Gasteiger partial charge in [-0.3, -0.25) is 24.1 Å². The normalized spacial score (nSPS) is 18.0. The van der Waals surface area contributed by atoms with E-state index in [1.807, 2.05) is 88.0 Å². The lowest BCUT2D eigenvalue weighted by atomic mass is 9.96. The minimum atomic E-state index is -1.33. The topological polar surface area (TPSA) is 193 Å². The molecule has 1 saturated heterocycles. The molecule has 2 aromatic heterocycles. The third-order valence-electron chi connectivity index (χ3n) is 9.07. The minimum absolute atomic E-state index is 0.0605. The summed E-state index contributed by atoms with van der Waals surface area (Å²) in [6.07, 6.45) is -0.145. The predicted molar refractivity (Wildman–Crippen MR) is 209 cm³/mol. The van der Waals surface area contributed by atoms with E-state index < -0.39 is 53.9 Å². The van der Waals surface area contributed by atoms with E-state index in [1.54, 1.807) is 36.0 Å². The number of nitrogens with one attached hydrogen (secondary N) is 3. The Kier molecular flexibility index (Phi) is 13.4. The first-order chi connectivity index (χ1) is 25.6. The van der Waals surface area contributed by atoms with Crippen LogP contribution in [0.15, 0.2) is 78.0 Å². The zero-order valence-corrected chi connectivity index (χ0v) is 32.2. The number of aliphatic hydroxyl groups is 1. The third-order valence-corrected chi connectivity index (χ3v) is 10.2. The molecule has 0 saturated carbocycles. The van der Waals surface area contributed by atoms with Crippen LogP contribution in [0.1, 0.15) is 67.5 Å². The number of aromatic nitrogens is 3. The average molecular weight is 755 g/mol. The molecule has 13 nitrogen and oxygen atoms in total. The molecule has 1 fully saturated rings. The number of para-hydroxylation sites is 1. The van der Waals surface area contributed by atoms with Gasteiger partial charge in [0.1, 0.15) is 11.7 Å². The second kappa shape index (κ2) is 17.9. The number of aryl methyl sites for hydroxylation is 2. The van der Waals surface area contributed by atoms with Crippen LogP contribution < -0.4 is 21.7 Å². The molecule has 14 heteroatoms. The zero-order chi connectivity index (χ0) is 39.0. The van der Waals surface area contributed by atoms with Gasteiger partial charge in [-0.15, -0.1) is 0 Å². The maximum atomic E-state index is 13.9. The van der Waals surface area contributed by atoms with Gasteiger partial charge in [0.25, 0.3) is 5.91 Å². The maximum Gasteiger partial charge on any atom is 0.270 e. The van der Waals surface area contributed by atoms with Gasteiger partial charge in [0.15, 0.2) is 5.16 Å². The number of benzene rings is 2. The Hall–Kier alpha value is -4.92. The van der Waals surface area contributed by atoms with Crippen molar-refractivity contribution in [2.75, 3.05) is 13.1 Å². The fourth-order valence-electron chi connectivity index (χ4n) is 6.57. The molecule has 5 atom stereocenters. The molecule has 4 aromatic rings. The number of hydrogen-bond donors (Lipinski definition) is 5. The number of piperidine rings is 1. The summed E-state index contributed by atoms with van der Waals surface area (Å²) in [4.78, 5) is 68.7. The standard InChI is InChI=1S/C40H50N8O5S/c1-24-19-25(2)43-39(42-24)54-28-17-18-48(33(21-28)38(53)47-40(3,4)5)23-34(49)31(20-26-11-7-6-8-12-26)45-37(52)32(22-35(41)50)46-36(51)30-16-15-27-13-9-10-14-29(27)44-30/h6-16,19,28,31-34,49H,17-18,20-23H2,1-5H3,(H2,41,50)(H,45,52)(H,46,51)(H,47,53)/t28?,31?,32-,33?,34?/m0/s1. The fourth-order valence-corrected chi connectivity index (χ4v) is 7.76. The van der Waals surface area contributed by atoms with Gasteiger partial charge in [0, 0.05) is 40.7 Å². The molecule has 0 spiro atoms. The van der Waals surface area contributed by atoms with Gasteiger partial charge in [-0.2, -0.15) is 0 Å². The highest BCUT2D eigenvalue weighted by Gasteiger charge is 2.38. The number of nitrogens with zero attached hydrogens (tertiary/aromatic N) is 4. The number of carbonyl (C=O) groups is 4. The number of amides is 4. The van der Waals surface area contributed by atoms with E-state index in [4.69, 9.17) is 5.73 Å². The number of thioether (sulfide) groups is 1. The van der Waals surface area contributed by atoms with Crippen molar-refractivity contribution in [3.63, 3.8) is 0 Å². The second-order valence-corrected chi connectivity index (χ2v) is 16.2. The van der Waals surface area contributed by atoms with E-state index in [2.05, 4.69) is 30.9 Å². The fraction of sp³-hybridized carbons (Fsp3) is 0.425. The van der Waals surface area contributed by atoms with Crippen LogP contribution >= 0.6 is 11.8 Å². The van der Waals surface area contributed by atoms with Crippen LogP contribution in [0.25, 0.3) is 10.9 Å². The lowest BCUT2D eigenvalue weighted by Crippen LogP contribution is -2.60. The number of primary amides is 1. The number of carbonyl (C=O) groups excluding carboxylic acids is 4. The van der Waals surface area contributed by atoms with Crippen LogP contribution in [0, 0.1) is 13.8 Å². The summed E-state index contributed by atoms with van der Waals surface area (Å²) in [5.41, 5.74) is 8.32. The number of hydrogen-bond acceptors (Lipinski definition) is 10. The highest BCUT2D eigenvalue weighted by atomic mass is 32.2. The van der Waals surface area contributed by atoms with Crippen molar-refractivity contribution in [1.29, 1.82) is 0 Å². The van der Waals surface area contributed by atoms with Crippen LogP contribution in [-0.4, -0.2) is 96.7 Å². The molecular weight excluding hydrogens is 705 g/mol. The summed E-state index contributed by atoms with van der Waals surface area (Å²) in [5, 5.41) is 22.1. The van der Waals surface area contributed by atoms with Crippen molar-refractivity contribution in [2.45, 2.75) is 100 Å². The average Bonchev–Trinajstić information content (AvgIpc) is 3.10. The van der Waals surface area contributed by atoms with Gasteiger partial charge >= 0.3 is 0 Å². The van der Waals surface area contributed by atoms with Crippen LogP contribution in [0.2, 0.25) is 0 Å². The number of nitrogens with two attached hydrogens (primary N) is 1. The number of pyridine rings is 1. The molecule has 1 aliphatic rings. The highest BCUT2D eigenvalue weighted by molar-refractivity contribution is 7.99. The summed E-state index contributed by atoms with van der Waals surface area (Å²) in [6, 6.07) is 19.1. The number of β-amino-alcohol motifs (C(OH)–C–C–N with tert-alkyl or cyclic N) is 1. The van der Waals surface area contributed by atoms with Gasteiger partial charge in [-0.1, -0.05) is 66.4 Å². The lowest BCUT2D eigenvalue weighted by molar-refractivity contribution is -0.130. The first-order valence-electron chi connectivity index (χ1n) is 18.2. The molecule has 6 N–H and O–H groups in total. The molecule has 54 heavy (non-hydrogen) atoms. The molecule has 1 aliphatic heterocycles. The smallest absolute Gasteiger partial charge is 0.270 e. The monoisotopic (exact) mass is 754 g/mol. The Bertz CT molecular complexity index is 1940. The van der Waals surface area contributed by atoms with Gasteiger partial charge < -0.3 is 26.8 Å². The second-order valence-electron chi connectivity index (χ2n) is 14.9. The molecular formula is C40H50N8O5S. The van der Waals surface area contributed by atoms with Crippen LogP contribution in [0.5, 0.6) is 0 Å². The molecule has 286 valence electrons. The zero-order valence-electron chi connectivity index (χ0n) is 31.4. The first-order valence-corrected chi connectivity index (χ1v) is 19.0. The molecule has 4 amide bonds. The molecule has 2 aromatic carbocycles. The Morgan fingerprint density at radius 3 is 2.31 bits per heavy atom. The van der Waals surface area contributed by atoms with Gasteiger partial charge in [-0.25, -0.2) is 15.0 Å². The minimum Gasteiger partial charge on any atom is -0.390 e. The summed E-state index contributed by atoms with van der Waals surface area (Å²) in [5.74, 6) is -2.28.